The molecule has 0 amide bonds. The summed E-state index contributed by atoms with van der Waals surface area (Å²) >= 11 is 0. The standard InChI is InChI=1S/C17H23B/c1-2-17(14-8-4-3-5-9-14)18-15-10-6-11-16(18)13-7-12-15/h2-5,8-9,15-16H,6-7,10-13H2,1H3/b17-2+. The molecule has 0 aliphatic carbocycles. The van der Waals surface area contributed by atoms with Gasteiger partial charge in [-0.05, 0) is 12.5 Å². The topological polar surface area (TPSA) is 0 Å². The third kappa shape index (κ3) is 2.16. The van der Waals surface area contributed by atoms with Crippen molar-refractivity contribution in [2.24, 2.45) is 0 Å². The Morgan fingerprint density at radius 1 is 1.00 bits per heavy atom. The van der Waals surface area contributed by atoms with Crippen molar-refractivity contribution in [3.8, 4) is 0 Å². The molecule has 0 aromatic heterocycles. The van der Waals surface area contributed by atoms with Gasteiger partial charge in [-0.1, -0.05) is 92.0 Å². The van der Waals surface area contributed by atoms with Crippen LogP contribution in [0.3, 0.4) is 0 Å². The normalized spacial score (nSPS) is 28.3. The molecule has 0 atom stereocenters. The van der Waals surface area contributed by atoms with E-state index in [4.69, 9.17) is 0 Å². The predicted octanol–water partition coefficient (Wildman–Crippen LogP) is 5.23. The van der Waals surface area contributed by atoms with Gasteiger partial charge >= 0.3 is 0 Å². The number of hydrogen-bond acceptors (Lipinski definition) is 0. The Balaban J connectivity index is 1.92. The van der Waals surface area contributed by atoms with Crippen molar-refractivity contribution in [3.05, 3.63) is 42.0 Å². The first-order chi connectivity index (χ1) is 8.90. The van der Waals surface area contributed by atoms with Gasteiger partial charge in [0.25, 0.3) is 0 Å². The number of rotatable bonds is 2. The molecule has 2 aliphatic rings. The summed E-state index contributed by atoms with van der Waals surface area (Å²) < 4.78 is 0. The van der Waals surface area contributed by atoms with Crippen LogP contribution in [0.15, 0.2) is 36.4 Å². The molecule has 0 spiro atoms. The molecule has 2 saturated heterocycles. The first kappa shape index (κ1) is 12.1. The van der Waals surface area contributed by atoms with Gasteiger partial charge in [-0.15, -0.1) is 0 Å². The highest BCUT2D eigenvalue weighted by molar-refractivity contribution is 6.81. The van der Waals surface area contributed by atoms with Crippen molar-refractivity contribution in [2.75, 3.05) is 0 Å². The van der Waals surface area contributed by atoms with Crippen molar-refractivity contribution in [1.29, 1.82) is 0 Å². The Kier molecular flexibility index (Phi) is 3.58. The zero-order valence-electron chi connectivity index (χ0n) is 11.4. The Bertz CT molecular complexity index is 398. The minimum absolute atomic E-state index is 0.847. The van der Waals surface area contributed by atoms with Crippen LogP contribution in [0.4, 0.5) is 0 Å². The number of allylic oxidation sites excluding steroid dienone is 1. The second kappa shape index (κ2) is 5.34. The Morgan fingerprint density at radius 3 is 2.06 bits per heavy atom. The second-order valence-corrected chi connectivity index (χ2v) is 6.02. The Morgan fingerprint density at radius 2 is 1.56 bits per heavy atom. The Labute approximate surface area is 112 Å². The molecule has 2 bridgehead atoms. The van der Waals surface area contributed by atoms with E-state index in [-0.39, 0.29) is 0 Å². The van der Waals surface area contributed by atoms with Gasteiger partial charge in [0.1, 0.15) is 0 Å². The molecule has 1 aromatic rings. The predicted molar refractivity (Wildman–Crippen MR) is 81.0 cm³/mol. The van der Waals surface area contributed by atoms with E-state index in [9.17, 15) is 0 Å². The van der Waals surface area contributed by atoms with E-state index in [0.717, 1.165) is 18.3 Å². The van der Waals surface area contributed by atoms with Gasteiger partial charge in [0.2, 0.25) is 0 Å². The van der Waals surface area contributed by atoms with E-state index in [0.29, 0.717) is 0 Å². The molecular weight excluding hydrogens is 215 g/mol. The van der Waals surface area contributed by atoms with Crippen molar-refractivity contribution in [1.82, 2.24) is 0 Å². The van der Waals surface area contributed by atoms with Gasteiger partial charge in [0, 0.05) is 0 Å². The minimum atomic E-state index is 0.847. The smallest absolute Gasteiger partial charge is 0.0926 e. The fourth-order valence-electron chi connectivity index (χ4n) is 4.37. The summed E-state index contributed by atoms with van der Waals surface area (Å²) in [6.45, 7) is 3.08. The molecule has 3 rings (SSSR count). The monoisotopic (exact) mass is 238 g/mol. The SMILES string of the molecule is C/C=C(/B1C2CCCC1CCC2)c1ccccc1. The lowest BCUT2D eigenvalue weighted by molar-refractivity contribution is 0.448. The van der Waals surface area contributed by atoms with Crippen LogP contribution in [-0.2, 0) is 0 Å². The molecule has 2 heterocycles. The number of fused-ring (bicyclic) bond motifs is 2. The summed E-state index contributed by atoms with van der Waals surface area (Å²) in [4.78, 5) is 0. The molecule has 2 fully saturated rings. The third-order valence-electron chi connectivity index (χ3n) is 5.09. The van der Waals surface area contributed by atoms with Crippen LogP contribution >= 0.6 is 0 Å². The van der Waals surface area contributed by atoms with E-state index >= 15 is 0 Å². The molecule has 18 heavy (non-hydrogen) atoms. The largest absolute Gasteiger partial charge is 0.182 e. The molecule has 1 heteroatoms. The summed E-state index contributed by atoms with van der Waals surface area (Å²) in [7, 11) is 0. The van der Waals surface area contributed by atoms with E-state index < -0.39 is 0 Å². The summed E-state index contributed by atoms with van der Waals surface area (Å²) in [5, 5.41) is 0. The second-order valence-electron chi connectivity index (χ2n) is 6.02. The van der Waals surface area contributed by atoms with Gasteiger partial charge < -0.3 is 0 Å². The fourth-order valence-corrected chi connectivity index (χ4v) is 4.37. The van der Waals surface area contributed by atoms with Gasteiger partial charge in [0.05, 0.1) is 0 Å². The number of benzene rings is 1. The molecule has 94 valence electrons. The average Bonchev–Trinajstić information content (AvgIpc) is 2.40. The highest BCUT2D eigenvalue weighted by Gasteiger charge is 2.41. The lowest BCUT2D eigenvalue weighted by atomic mass is 9.23. The summed E-state index contributed by atoms with van der Waals surface area (Å²) in [5.41, 5.74) is 3.09. The highest BCUT2D eigenvalue weighted by Crippen LogP contribution is 2.50. The van der Waals surface area contributed by atoms with E-state index in [1.807, 2.05) is 0 Å². The van der Waals surface area contributed by atoms with Gasteiger partial charge in [-0.3, -0.25) is 0 Å². The maximum Gasteiger partial charge on any atom is 0.182 e. The lowest BCUT2D eigenvalue weighted by Gasteiger charge is -2.41. The molecule has 0 unspecified atom stereocenters. The molecule has 1 aromatic carbocycles. The third-order valence-corrected chi connectivity index (χ3v) is 5.09. The minimum Gasteiger partial charge on any atom is -0.0926 e. The van der Waals surface area contributed by atoms with Gasteiger partial charge in [-0.25, -0.2) is 0 Å². The van der Waals surface area contributed by atoms with Gasteiger partial charge in [-0.2, -0.15) is 0 Å². The van der Waals surface area contributed by atoms with Crippen LogP contribution in [-0.4, -0.2) is 6.71 Å². The zero-order valence-corrected chi connectivity index (χ0v) is 11.4. The molecule has 0 N–H and O–H groups in total. The van der Waals surface area contributed by atoms with Crippen LogP contribution in [0, 0.1) is 0 Å². The van der Waals surface area contributed by atoms with Crippen LogP contribution in [0.1, 0.15) is 51.0 Å². The maximum absolute atomic E-state index is 2.39. The number of hydrogen-bond donors (Lipinski definition) is 0. The van der Waals surface area contributed by atoms with E-state index in [1.54, 1.807) is 5.47 Å². The van der Waals surface area contributed by atoms with Crippen molar-refractivity contribution < 1.29 is 0 Å². The average molecular weight is 238 g/mol. The van der Waals surface area contributed by atoms with Crippen molar-refractivity contribution in [2.45, 2.75) is 57.1 Å². The molecule has 0 saturated carbocycles. The van der Waals surface area contributed by atoms with Crippen LogP contribution in [0.5, 0.6) is 0 Å². The maximum atomic E-state index is 2.39. The van der Waals surface area contributed by atoms with Crippen LogP contribution in [0.2, 0.25) is 11.6 Å². The molecule has 0 radical (unpaired) electrons. The summed E-state index contributed by atoms with van der Waals surface area (Å²) in [6, 6.07) is 11.1. The van der Waals surface area contributed by atoms with Crippen molar-refractivity contribution >= 4 is 12.2 Å². The Hall–Kier alpha value is -0.975. The quantitative estimate of drug-likeness (QED) is 0.618. The van der Waals surface area contributed by atoms with E-state index in [1.165, 1.54) is 44.1 Å². The summed E-state index contributed by atoms with van der Waals surface area (Å²) in [5.74, 6) is 1.92. The first-order valence-corrected chi connectivity index (χ1v) is 7.62. The fraction of sp³-hybridized carbons (Fsp3) is 0.529. The molecule has 2 aliphatic heterocycles. The summed E-state index contributed by atoms with van der Waals surface area (Å²) in [6.07, 6.45) is 11.2. The van der Waals surface area contributed by atoms with Crippen LogP contribution in [0.25, 0.3) is 5.47 Å². The van der Waals surface area contributed by atoms with Gasteiger partial charge in [0.15, 0.2) is 6.71 Å². The zero-order chi connectivity index (χ0) is 12.4. The van der Waals surface area contributed by atoms with Crippen molar-refractivity contribution in [3.63, 3.8) is 0 Å². The molecule has 0 nitrogen and oxygen atoms in total. The highest BCUT2D eigenvalue weighted by atomic mass is 14.3. The lowest BCUT2D eigenvalue weighted by Crippen LogP contribution is -2.35. The first-order valence-electron chi connectivity index (χ1n) is 7.62. The van der Waals surface area contributed by atoms with E-state index in [2.05, 4.69) is 43.3 Å². The molecular formula is C17H23B. The van der Waals surface area contributed by atoms with Crippen LogP contribution < -0.4 is 0 Å².